The second kappa shape index (κ2) is 6.65. The third-order valence-corrected chi connectivity index (χ3v) is 4.94. The Labute approximate surface area is 117 Å². The summed E-state index contributed by atoms with van der Waals surface area (Å²) >= 11 is 3.38. The molecule has 0 saturated heterocycles. The highest BCUT2D eigenvalue weighted by Gasteiger charge is 2.20. The smallest absolute Gasteiger partial charge is 0.216 e. The maximum Gasteiger partial charge on any atom is 0.216 e. The Morgan fingerprint density at radius 3 is 2.67 bits per heavy atom. The van der Waals surface area contributed by atoms with Crippen LogP contribution in [0, 0.1) is 6.92 Å². The van der Waals surface area contributed by atoms with Gasteiger partial charge in [0.2, 0.25) is 10.0 Å². The minimum atomic E-state index is -3.33. The number of nitrogens with one attached hydrogen (secondary N) is 1. The largest absolute Gasteiger partial charge is 0.383 e. The van der Waals surface area contributed by atoms with E-state index in [-0.39, 0.29) is 6.61 Å². The maximum absolute atomic E-state index is 11.9. The molecule has 0 aromatic heterocycles. The van der Waals surface area contributed by atoms with Crippen molar-refractivity contribution in [2.24, 2.45) is 0 Å². The third kappa shape index (κ3) is 4.35. The second-order valence-electron chi connectivity index (χ2n) is 4.20. The van der Waals surface area contributed by atoms with Crippen molar-refractivity contribution in [1.82, 2.24) is 4.72 Å². The van der Waals surface area contributed by atoms with Crippen molar-refractivity contribution >= 4 is 26.0 Å². The molecule has 4 nitrogen and oxygen atoms in total. The average Bonchev–Trinajstić information content (AvgIpc) is 2.28. The summed E-state index contributed by atoms with van der Waals surface area (Å²) in [5.41, 5.74) is 2.01. The quantitative estimate of drug-likeness (QED) is 0.867. The molecule has 1 rings (SSSR count). The molecule has 1 unspecified atom stereocenters. The van der Waals surface area contributed by atoms with Crippen molar-refractivity contribution in [3.05, 3.63) is 33.8 Å². The van der Waals surface area contributed by atoms with Gasteiger partial charge in [-0.05, 0) is 37.1 Å². The Balaban J connectivity index is 2.70. The minimum absolute atomic E-state index is 0.189. The summed E-state index contributed by atoms with van der Waals surface area (Å²) in [7, 11) is -1.84. The van der Waals surface area contributed by atoms with E-state index in [0.717, 1.165) is 15.6 Å². The number of methoxy groups -OCH3 is 1. The second-order valence-corrected chi connectivity index (χ2v) is 7.30. The molecule has 1 aromatic rings. The highest BCUT2D eigenvalue weighted by atomic mass is 79.9. The fourth-order valence-electron chi connectivity index (χ4n) is 1.50. The Hall–Kier alpha value is -0.430. The standard InChI is InChI=1S/C12H18BrNO3S/c1-9-6-12(13)5-4-11(9)7-14-18(15,16)10(2)8-17-3/h4-6,10,14H,7-8H2,1-3H3. The van der Waals surface area contributed by atoms with Gasteiger partial charge in [-0.15, -0.1) is 0 Å². The first kappa shape index (κ1) is 15.6. The predicted octanol–water partition coefficient (Wildman–Crippen LogP) is 2.21. The van der Waals surface area contributed by atoms with Crippen molar-refractivity contribution in [3.8, 4) is 0 Å². The number of aryl methyl sites for hydroxylation is 1. The lowest BCUT2D eigenvalue weighted by molar-refractivity contribution is 0.200. The van der Waals surface area contributed by atoms with Gasteiger partial charge in [0, 0.05) is 18.1 Å². The lowest BCUT2D eigenvalue weighted by Crippen LogP contribution is -2.34. The Kier molecular flexibility index (Phi) is 5.78. The molecule has 0 saturated carbocycles. The summed E-state index contributed by atoms with van der Waals surface area (Å²) in [5, 5.41) is -0.557. The maximum atomic E-state index is 11.9. The number of ether oxygens (including phenoxy) is 1. The zero-order valence-electron chi connectivity index (χ0n) is 10.7. The van der Waals surface area contributed by atoms with E-state index in [0.29, 0.717) is 6.54 Å². The lowest BCUT2D eigenvalue weighted by Gasteiger charge is -2.14. The van der Waals surface area contributed by atoms with Crippen molar-refractivity contribution in [2.75, 3.05) is 13.7 Å². The highest BCUT2D eigenvalue weighted by Crippen LogP contribution is 2.16. The number of rotatable bonds is 6. The molecule has 0 aliphatic heterocycles. The zero-order chi connectivity index (χ0) is 13.8. The number of sulfonamides is 1. The van der Waals surface area contributed by atoms with Crippen molar-refractivity contribution in [2.45, 2.75) is 25.6 Å². The molecule has 102 valence electrons. The molecule has 0 amide bonds. The summed E-state index contributed by atoms with van der Waals surface area (Å²) in [6, 6.07) is 5.76. The van der Waals surface area contributed by atoms with Gasteiger partial charge in [0.25, 0.3) is 0 Å². The third-order valence-electron chi connectivity index (χ3n) is 2.70. The van der Waals surface area contributed by atoms with Crippen molar-refractivity contribution in [1.29, 1.82) is 0 Å². The minimum Gasteiger partial charge on any atom is -0.383 e. The molecule has 0 bridgehead atoms. The lowest BCUT2D eigenvalue weighted by atomic mass is 10.1. The fraction of sp³-hybridized carbons (Fsp3) is 0.500. The van der Waals surface area contributed by atoms with Crippen LogP contribution in [-0.2, 0) is 21.3 Å². The number of benzene rings is 1. The molecule has 1 N–H and O–H groups in total. The Morgan fingerprint density at radius 1 is 1.44 bits per heavy atom. The topological polar surface area (TPSA) is 55.4 Å². The SMILES string of the molecule is COCC(C)S(=O)(=O)NCc1ccc(Br)cc1C. The summed E-state index contributed by atoms with van der Waals surface area (Å²) in [6.45, 7) is 4.07. The van der Waals surface area contributed by atoms with Crippen molar-refractivity contribution in [3.63, 3.8) is 0 Å². The molecule has 1 aromatic carbocycles. The molecule has 0 heterocycles. The van der Waals surface area contributed by atoms with Crippen LogP contribution in [0.4, 0.5) is 0 Å². The van der Waals surface area contributed by atoms with Crippen LogP contribution in [0.5, 0.6) is 0 Å². The normalized spacial score (nSPS) is 13.6. The Bertz CT molecular complexity index is 502. The fourth-order valence-corrected chi connectivity index (χ4v) is 2.93. The highest BCUT2D eigenvalue weighted by molar-refractivity contribution is 9.10. The first-order valence-corrected chi connectivity index (χ1v) is 7.93. The monoisotopic (exact) mass is 335 g/mol. The molecule has 0 aliphatic carbocycles. The van der Waals surface area contributed by atoms with Gasteiger partial charge in [-0.2, -0.15) is 0 Å². The summed E-state index contributed by atoms with van der Waals surface area (Å²) < 4.78 is 32.2. The van der Waals surface area contributed by atoms with E-state index < -0.39 is 15.3 Å². The van der Waals surface area contributed by atoms with Gasteiger partial charge in [0.15, 0.2) is 0 Å². The van der Waals surface area contributed by atoms with Gasteiger partial charge >= 0.3 is 0 Å². The van der Waals surface area contributed by atoms with Crippen LogP contribution < -0.4 is 4.72 Å². The summed E-state index contributed by atoms with van der Waals surface area (Å²) in [5.74, 6) is 0. The number of hydrogen-bond acceptors (Lipinski definition) is 3. The molecule has 1 atom stereocenters. The molecular weight excluding hydrogens is 318 g/mol. The van der Waals surface area contributed by atoms with Gasteiger partial charge in [0.05, 0.1) is 11.9 Å². The molecule has 0 fully saturated rings. The van der Waals surface area contributed by atoms with Crippen LogP contribution in [0.2, 0.25) is 0 Å². The molecular formula is C12H18BrNO3S. The van der Waals surface area contributed by atoms with E-state index in [1.54, 1.807) is 6.92 Å². The molecule has 6 heteroatoms. The van der Waals surface area contributed by atoms with Gasteiger partial charge in [0.1, 0.15) is 0 Å². The summed E-state index contributed by atoms with van der Waals surface area (Å²) in [4.78, 5) is 0. The van der Waals surface area contributed by atoms with Crippen molar-refractivity contribution < 1.29 is 13.2 Å². The van der Waals surface area contributed by atoms with Crippen LogP contribution in [0.3, 0.4) is 0 Å². The first-order valence-electron chi connectivity index (χ1n) is 5.59. The van der Waals surface area contributed by atoms with Gasteiger partial charge in [-0.3, -0.25) is 0 Å². The average molecular weight is 336 g/mol. The van der Waals surface area contributed by atoms with E-state index >= 15 is 0 Å². The van der Waals surface area contributed by atoms with Gasteiger partial charge in [-0.1, -0.05) is 22.0 Å². The number of hydrogen-bond donors (Lipinski definition) is 1. The zero-order valence-corrected chi connectivity index (χ0v) is 13.1. The van der Waals surface area contributed by atoms with E-state index in [1.165, 1.54) is 7.11 Å². The van der Waals surface area contributed by atoms with Crippen LogP contribution in [0.25, 0.3) is 0 Å². The Morgan fingerprint density at radius 2 is 2.11 bits per heavy atom. The first-order chi connectivity index (χ1) is 8.36. The van der Waals surface area contributed by atoms with E-state index in [2.05, 4.69) is 20.7 Å². The number of halogens is 1. The van der Waals surface area contributed by atoms with Crippen LogP contribution in [0.15, 0.2) is 22.7 Å². The predicted molar refractivity (Wildman–Crippen MR) is 76.0 cm³/mol. The molecule has 0 spiro atoms. The van der Waals surface area contributed by atoms with Crippen LogP contribution in [-0.4, -0.2) is 27.4 Å². The van der Waals surface area contributed by atoms with Gasteiger partial charge < -0.3 is 4.74 Å². The van der Waals surface area contributed by atoms with Gasteiger partial charge in [-0.25, -0.2) is 13.1 Å². The van der Waals surface area contributed by atoms with E-state index in [4.69, 9.17) is 4.74 Å². The van der Waals surface area contributed by atoms with E-state index in [1.807, 2.05) is 25.1 Å². The summed E-state index contributed by atoms with van der Waals surface area (Å²) in [6.07, 6.45) is 0. The molecule has 0 aliphatic rings. The molecule has 0 radical (unpaired) electrons. The van der Waals surface area contributed by atoms with Crippen LogP contribution >= 0.6 is 15.9 Å². The van der Waals surface area contributed by atoms with E-state index in [9.17, 15) is 8.42 Å². The molecule has 18 heavy (non-hydrogen) atoms. The van der Waals surface area contributed by atoms with Crippen LogP contribution in [0.1, 0.15) is 18.1 Å².